The van der Waals surface area contributed by atoms with Gasteiger partial charge in [0.05, 0.1) is 11.4 Å². The zero-order valence-electron chi connectivity index (χ0n) is 23.0. The van der Waals surface area contributed by atoms with Crippen LogP contribution in [0.4, 0.5) is 0 Å². The summed E-state index contributed by atoms with van der Waals surface area (Å²) in [7, 11) is 0. The average molecular weight is 465 g/mol. The van der Waals surface area contributed by atoms with Crippen molar-refractivity contribution in [1.29, 1.82) is 0 Å². The lowest BCUT2D eigenvalue weighted by Gasteiger charge is -2.24. The number of hydrogen-bond acceptors (Lipinski definition) is 2. The largest absolute Gasteiger partial charge is 0.154 e. The van der Waals surface area contributed by atoms with Crippen LogP contribution in [0.1, 0.15) is 79.1 Å². The maximum absolute atomic E-state index is 4.81. The minimum Gasteiger partial charge on any atom is -0.154 e. The highest BCUT2D eigenvalue weighted by atomic mass is 15.1. The molecule has 0 fully saturated rings. The fourth-order valence-electron chi connectivity index (χ4n) is 4.80. The number of benzene rings is 3. The molecule has 0 aliphatic heterocycles. The summed E-state index contributed by atoms with van der Waals surface area (Å²) in [4.78, 5) is 0. The molecular weight excluding hydrogens is 424 g/mol. The van der Waals surface area contributed by atoms with Gasteiger partial charge in [0.2, 0.25) is 0 Å². The van der Waals surface area contributed by atoms with E-state index in [4.69, 9.17) is 10.2 Å². The quantitative estimate of drug-likeness (QED) is 0.302. The van der Waals surface area contributed by atoms with Gasteiger partial charge >= 0.3 is 0 Å². The highest BCUT2D eigenvalue weighted by Gasteiger charge is 2.24. The highest BCUT2D eigenvalue weighted by molar-refractivity contribution is 5.91. The lowest BCUT2D eigenvalue weighted by atomic mass is 9.82. The molecule has 2 nitrogen and oxygen atoms in total. The Bertz CT molecular complexity index is 1340. The van der Waals surface area contributed by atoms with Crippen molar-refractivity contribution in [3.8, 4) is 22.4 Å². The standard InChI is InChI=1S/C33H40N2/c1-31(2,3)21-22-14-16-23(17-15-22)27-20-29(34-35-30(27)33(7,8)9)25-18-24-12-10-11-13-26(24)28(19-25)32(4,5)6/h10-20H,21H2,1-9H3. The topological polar surface area (TPSA) is 25.8 Å². The van der Waals surface area contributed by atoms with E-state index >= 15 is 0 Å². The second-order valence-electron chi connectivity index (χ2n) is 13.2. The lowest BCUT2D eigenvalue weighted by molar-refractivity contribution is 0.411. The number of aromatic nitrogens is 2. The molecule has 0 amide bonds. The summed E-state index contributed by atoms with van der Waals surface area (Å²) < 4.78 is 0. The van der Waals surface area contributed by atoms with Gasteiger partial charge in [0.15, 0.2) is 0 Å². The molecule has 0 bridgehead atoms. The van der Waals surface area contributed by atoms with E-state index in [1.807, 2.05) is 0 Å². The van der Waals surface area contributed by atoms with Gasteiger partial charge in [0, 0.05) is 16.5 Å². The highest BCUT2D eigenvalue weighted by Crippen LogP contribution is 2.37. The summed E-state index contributed by atoms with van der Waals surface area (Å²) in [5.41, 5.74) is 8.31. The van der Waals surface area contributed by atoms with E-state index in [-0.39, 0.29) is 16.2 Å². The lowest BCUT2D eigenvalue weighted by Crippen LogP contribution is -2.16. The van der Waals surface area contributed by atoms with Crippen molar-refractivity contribution < 1.29 is 0 Å². The Morgan fingerprint density at radius 3 is 1.89 bits per heavy atom. The van der Waals surface area contributed by atoms with Crippen LogP contribution < -0.4 is 0 Å². The third kappa shape index (κ3) is 5.64. The van der Waals surface area contributed by atoms with Crippen LogP contribution in [0.2, 0.25) is 0 Å². The summed E-state index contributed by atoms with van der Waals surface area (Å²) in [5.74, 6) is 0. The van der Waals surface area contributed by atoms with Crippen molar-refractivity contribution in [2.45, 2.75) is 79.6 Å². The molecule has 0 saturated heterocycles. The van der Waals surface area contributed by atoms with Crippen molar-refractivity contribution in [2.75, 3.05) is 0 Å². The Labute approximate surface area is 211 Å². The Morgan fingerprint density at radius 1 is 0.629 bits per heavy atom. The van der Waals surface area contributed by atoms with E-state index in [0.717, 1.165) is 28.9 Å². The average Bonchev–Trinajstić information content (AvgIpc) is 2.76. The van der Waals surface area contributed by atoms with E-state index in [9.17, 15) is 0 Å². The molecule has 4 aromatic rings. The first-order chi connectivity index (χ1) is 16.2. The Kier molecular flexibility index (Phi) is 6.38. The second-order valence-corrected chi connectivity index (χ2v) is 13.2. The molecule has 0 radical (unpaired) electrons. The zero-order chi connectivity index (χ0) is 25.6. The van der Waals surface area contributed by atoms with Gasteiger partial charge in [-0.3, -0.25) is 0 Å². The fraction of sp³-hybridized carbons (Fsp3) is 0.394. The molecule has 0 unspecified atom stereocenters. The predicted octanol–water partition coefficient (Wildman–Crippen LogP) is 9.15. The maximum Gasteiger partial charge on any atom is 0.0936 e. The molecule has 1 aromatic heterocycles. The van der Waals surface area contributed by atoms with Gasteiger partial charge in [-0.15, -0.1) is 0 Å². The molecule has 0 atom stereocenters. The molecule has 0 spiro atoms. The Balaban J connectivity index is 1.87. The van der Waals surface area contributed by atoms with Crippen LogP contribution in [-0.2, 0) is 17.3 Å². The molecule has 0 aliphatic rings. The molecule has 35 heavy (non-hydrogen) atoms. The maximum atomic E-state index is 4.81. The minimum absolute atomic E-state index is 0.0279. The molecule has 182 valence electrons. The van der Waals surface area contributed by atoms with Crippen molar-refractivity contribution in [3.05, 3.63) is 83.6 Å². The van der Waals surface area contributed by atoms with E-state index in [1.165, 1.54) is 27.5 Å². The second kappa shape index (κ2) is 8.90. The summed E-state index contributed by atoms with van der Waals surface area (Å²) in [5, 5.41) is 12.1. The van der Waals surface area contributed by atoms with Gasteiger partial charge in [-0.1, -0.05) is 111 Å². The van der Waals surface area contributed by atoms with Crippen molar-refractivity contribution in [2.24, 2.45) is 5.41 Å². The van der Waals surface area contributed by atoms with Crippen LogP contribution in [0.25, 0.3) is 33.2 Å². The van der Waals surface area contributed by atoms with E-state index < -0.39 is 0 Å². The van der Waals surface area contributed by atoms with Crippen molar-refractivity contribution in [1.82, 2.24) is 10.2 Å². The minimum atomic E-state index is -0.106. The molecule has 0 aliphatic carbocycles. The first-order valence-corrected chi connectivity index (χ1v) is 12.7. The summed E-state index contributed by atoms with van der Waals surface area (Å²) in [6.45, 7) is 20.3. The van der Waals surface area contributed by atoms with E-state index in [0.29, 0.717) is 0 Å². The number of fused-ring (bicyclic) bond motifs is 1. The van der Waals surface area contributed by atoms with Gasteiger partial charge in [-0.25, -0.2) is 0 Å². The molecule has 2 heteroatoms. The molecule has 1 heterocycles. The Morgan fingerprint density at radius 2 is 1.29 bits per heavy atom. The number of nitrogens with zero attached hydrogens (tertiary/aromatic N) is 2. The monoisotopic (exact) mass is 464 g/mol. The summed E-state index contributed by atoms with van der Waals surface area (Å²) in [6.07, 6.45) is 1.06. The number of rotatable bonds is 3. The fourth-order valence-corrected chi connectivity index (χ4v) is 4.80. The van der Waals surface area contributed by atoms with Crippen LogP contribution >= 0.6 is 0 Å². The molecule has 0 saturated carbocycles. The first-order valence-electron chi connectivity index (χ1n) is 12.7. The third-order valence-electron chi connectivity index (χ3n) is 6.47. The van der Waals surface area contributed by atoms with Gasteiger partial charge in [0.25, 0.3) is 0 Å². The smallest absolute Gasteiger partial charge is 0.0936 e. The number of hydrogen-bond donors (Lipinski definition) is 0. The first kappa shape index (κ1) is 25.1. The SMILES string of the molecule is CC(C)(C)Cc1ccc(-c2cc(-c3cc(C(C)(C)C)c4ccccc4c3)nnc2C(C)(C)C)cc1. The molecule has 0 N–H and O–H groups in total. The van der Waals surface area contributed by atoms with Crippen LogP contribution in [0.5, 0.6) is 0 Å². The molecule has 3 aromatic carbocycles. The van der Waals surface area contributed by atoms with Crippen molar-refractivity contribution in [3.63, 3.8) is 0 Å². The molecular formula is C33H40N2. The van der Waals surface area contributed by atoms with Crippen LogP contribution in [0, 0.1) is 5.41 Å². The van der Waals surface area contributed by atoms with E-state index in [1.54, 1.807) is 0 Å². The van der Waals surface area contributed by atoms with Crippen molar-refractivity contribution >= 4 is 10.8 Å². The third-order valence-corrected chi connectivity index (χ3v) is 6.47. The van der Waals surface area contributed by atoms with Crippen LogP contribution in [0.3, 0.4) is 0 Å². The Hall–Kier alpha value is -3.00. The van der Waals surface area contributed by atoms with Crippen LogP contribution in [0.15, 0.2) is 66.7 Å². The zero-order valence-corrected chi connectivity index (χ0v) is 23.0. The van der Waals surface area contributed by atoms with Gasteiger partial charge in [0.1, 0.15) is 0 Å². The van der Waals surface area contributed by atoms with Gasteiger partial charge in [-0.05, 0) is 62.9 Å². The summed E-state index contributed by atoms with van der Waals surface area (Å²) in [6, 6.07) is 24.5. The summed E-state index contributed by atoms with van der Waals surface area (Å²) >= 11 is 0. The van der Waals surface area contributed by atoms with Crippen LogP contribution in [-0.4, -0.2) is 10.2 Å². The predicted molar refractivity (Wildman–Crippen MR) is 151 cm³/mol. The molecule has 4 rings (SSSR count). The van der Waals surface area contributed by atoms with Gasteiger partial charge in [-0.2, -0.15) is 10.2 Å². The van der Waals surface area contributed by atoms with E-state index in [2.05, 4.69) is 129 Å². The normalized spacial score (nSPS) is 12.8. The van der Waals surface area contributed by atoms with Gasteiger partial charge < -0.3 is 0 Å².